The van der Waals surface area contributed by atoms with E-state index in [0.29, 0.717) is 13.0 Å². The average molecular weight is 197 g/mol. The molecule has 1 heterocycles. The van der Waals surface area contributed by atoms with Crippen molar-refractivity contribution in [3.8, 4) is 0 Å². The molecule has 0 saturated carbocycles. The summed E-state index contributed by atoms with van der Waals surface area (Å²) in [6.07, 6.45) is 4.69. The standard InChI is InChI=1S/C10H15NO3/c1-2-3-9(10(12)13)11-6-8-4-5-14-7-8/h4-5,7,9,11H,2-3,6H2,1H3,(H,12,13). The fourth-order valence-corrected chi connectivity index (χ4v) is 1.24. The molecule has 0 amide bonds. The lowest BCUT2D eigenvalue weighted by molar-refractivity contribution is -0.139. The molecule has 0 aliphatic carbocycles. The maximum Gasteiger partial charge on any atom is 0.320 e. The van der Waals surface area contributed by atoms with Gasteiger partial charge in [-0.15, -0.1) is 0 Å². The Bertz CT molecular complexity index is 269. The molecule has 1 rings (SSSR count). The lowest BCUT2D eigenvalue weighted by atomic mass is 10.1. The van der Waals surface area contributed by atoms with Gasteiger partial charge in [-0.1, -0.05) is 13.3 Å². The number of hydrogen-bond donors (Lipinski definition) is 2. The molecule has 2 N–H and O–H groups in total. The molecule has 14 heavy (non-hydrogen) atoms. The summed E-state index contributed by atoms with van der Waals surface area (Å²) in [7, 11) is 0. The summed E-state index contributed by atoms with van der Waals surface area (Å²) in [6, 6.07) is 1.35. The Morgan fingerprint density at radius 3 is 3.00 bits per heavy atom. The van der Waals surface area contributed by atoms with E-state index in [-0.39, 0.29) is 0 Å². The van der Waals surface area contributed by atoms with Crippen LogP contribution in [0.15, 0.2) is 23.0 Å². The third kappa shape index (κ3) is 3.22. The minimum atomic E-state index is -0.796. The van der Waals surface area contributed by atoms with E-state index in [1.165, 1.54) is 0 Å². The number of carboxylic acids is 1. The summed E-state index contributed by atoms with van der Waals surface area (Å²) in [5.74, 6) is -0.796. The van der Waals surface area contributed by atoms with Crippen LogP contribution < -0.4 is 5.32 Å². The zero-order chi connectivity index (χ0) is 10.4. The van der Waals surface area contributed by atoms with Gasteiger partial charge in [-0.3, -0.25) is 4.79 Å². The summed E-state index contributed by atoms with van der Waals surface area (Å²) in [5, 5.41) is 11.8. The molecular formula is C10H15NO3. The van der Waals surface area contributed by atoms with Gasteiger partial charge in [0.2, 0.25) is 0 Å². The van der Waals surface area contributed by atoms with Crippen molar-refractivity contribution >= 4 is 5.97 Å². The minimum absolute atomic E-state index is 0.463. The van der Waals surface area contributed by atoms with Crippen LogP contribution in [0.4, 0.5) is 0 Å². The number of hydrogen-bond acceptors (Lipinski definition) is 3. The molecule has 4 nitrogen and oxygen atoms in total. The van der Waals surface area contributed by atoms with Crippen molar-refractivity contribution in [2.45, 2.75) is 32.4 Å². The molecule has 0 saturated heterocycles. The first-order valence-corrected chi connectivity index (χ1v) is 4.71. The van der Waals surface area contributed by atoms with Crippen molar-refractivity contribution in [3.05, 3.63) is 24.2 Å². The number of rotatable bonds is 6. The van der Waals surface area contributed by atoms with E-state index in [4.69, 9.17) is 9.52 Å². The quantitative estimate of drug-likeness (QED) is 0.727. The molecule has 0 aliphatic heterocycles. The minimum Gasteiger partial charge on any atom is -0.480 e. The van der Waals surface area contributed by atoms with Gasteiger partial charge in [0.05, 0.1) is 12.5 Å². The first-order chi connectivity index (χ1) is 6.74. The van der Waals surface area contributed by atoms with Gasteiger partial charge >= 0.3 is 5.97 Å². The van der Waals surface area contributed by atoms with Gasteiger partial charge in [-0.25, -0.2) is 0 Å². The smallest absolute Gasteiger partial charge is 0.320 e. The fraction of sp³-hybridized carbons (Fsp3) is 0.500. The number of furan rings is 1. The van der Waals surface area contributed by atoms with Crippen LogP contribution in [-0.4, -0.2) is 17.1 Å². The largest absolute Gasteiger partial charge is 0.480 e. The first-order valence-electron chi connectivity index (χ1n) is 4.71. The summed E-state index contributed by atoms with van der Waals surface area (Å²) in [6.45, 7) is 2.50. The van der Waals surface area contributed by atoms with E-state index < -0.39 is 12.0 Å². The second-order valence-corrected chi connectivity index (χ2v) is 3.19. The van der Waals surface area contributed by atoms with Gasteiger partial charge in [-0.2, -0.15) is 0 Å². The summed E-state index contributed by atoms with van der Waals surface area (Å²) < 4.78 is 4.88. The highest BCUT2D eigenvalue weighted by Crippen LogP contribution is 2.02. The second kappa shape index (κ2) is 5.44. The molecule has 1 aromatic heterocycles. The van der Waals surface area contributed by atoms with Crippen molar-refractivity contribution in [2.24, 2.45) is 0 Å². The van der Waals surface area contributed by atoms with Gasteiger partial charge in [0.15, 0.2) is 0 Å². The Hall–Kier alpha value is -1.29. The van der Waals surface area contributed by atoms with Crippen molar-refractivity contribution in [1.29, 1.82) is 0 Å². The fourth-order valence-electron chi connectivity index (χ4n) is 1.24. The van der Waals surface area contributed by atoms with Crippen molar-refractivity contribution in [2.75, 3.05) is 0 Å². The lowest BCUT2D eigenvalue weighted by Gasteiger charge is -2.12. The van der Waals surface area contributed by atoms with Crippen LogP contribution in [0.2, 0.25) is 0 Å². The highest BCUT2D eigenvalue weighted by Gasteiger charge is 2.14. The molecule has 0 fully saturated rings. The molecule has 0 bridgehead atoms. The predicted molar refractivity (Wildman–Crippen MR) is 51.9 cm³/mol. The molecule has 1 unspecified atom stereocenters. The highest BCUT2D eigenvalue weighted by atomic mass is 16.4. The third-order valence-corrected chi connectivity index (χ3v) is 2.01. The van der Waals surface area contributed by atoms with Gasteiger partial charge < -0.3 is 14.8 Å². The Morgan fingerprint density at radius 2 is 2.50 bits per heavy atom. The number of carboxylic acid groups (broad SMARTS) is 1. The Kier molecular flexibility index (Phi) is 4.19. The molecule has 0 spiro atoms. The van der Waals surface area contributed by atoms with Crippen molar-refractivity contribution in [3.63, 3.8) is 0 Å². The van der Waals surface area contributed by atoms with Gasteiger partial charge in [0.25, 0.3) is 0 Å². The second-order valence-electron chi connectivity index (χ2n) is 3.19. The number of nitrogens with one attached hydrogen (secondary N) is 1. The molecule has 0 aromatic carbocycles. The van der Waals surface area contributed by atoms with Gasteiger partial charge in [0, 0.05) is 12.1 Å². The monoisotopic (exact) mass is 197 g/mol. The molecule has 0 radical (unpaired) electrons. The SMILES string of the molecule is CCCC(NCc1ccoc1)C(=O)O. The predicted octanol–water partition coefficient (Wildman–Crippen LogP) is 1.62. The van der Waals surface area contributed by atoms with Crippen LogP contribution in [-0.2, 0) is 11.3 Å². The van der Waals surface area contributed by atoms with Crippen LogP contribution >= 0.6 is 0 Å². The van der Waals surface area contributed by atoms with E-state index in [0.717, 1.165) is 12.0 Å². The Balaban J connectivity index is 2.37. The molecule has 78 valence electrons. The summed E-state index contributed by atoms with van der Waals surface area (Å²) >= 11 is 0. The summed E-state index contributed by atoms with van der Waals surface area (Å²) in [4.78, 5) is 10.8. The number of carbonyl (C=O) groups is 1. The molecule has 4 heteroatoms. The zero-order valence-corrected chi connectivity index (χ0v) is 8.19. The molecular weight excluding hydrogens is 182 g/mol. The van der Waals surface area contributed by atoms with Crippen molar-refractivity contribution in [1.82, 2.24) is 5.32 Å². The Labute approximate surface area is 82.9 Å². The van der Waals surface area contributed by atoms with E-state index in [2.05, 4.69) is 5.32 Å². The van der Waals surface area contributed by atoms with Gasteiger partial charge in [0.1, 0.15) is 6.04 Å². The maximum atomic E-state index is 10.8. The first kappa shape index (κ1) is 10.8. The summed E-state index contributed by atoms with van der Waals surface area (Å²) in [5.41, 5.74) is 0.965. The molecule has 1 aromatic rings. The van der Waals surface area contributed by atoms with Crippen molar-refractivity contribution < 1.29 is 14.3 Å². The highest BCUT2D eigenvalue weighted by molar-refractivity contribution is 5.73. The normalized spacial score (nSPS) is 12.6. The number of aliphatic carboxylic acids is 1. The van der Waals surface area contributed by atoms with Crippen LogP contribution in [0.3, 0.4) is 0 Å². The van der Waals surface area contributed by atoms with E-state index in [9.17, 15) is 4.79 Å². The van der Waals surface area contributed by atoms with E-state index >= 15 is 0 Å². The van der Waals surface area contributed by atoms with Crippen LogP contribution in [0.1, 0.15) is 25.3 Å². The van der Waals surface area contributed by atoms with Crippen LogP contribution in [0.25, 0.3) is 0 Å². The maximum absolute atomic E-state index is 10.8. The molecule has 1 atom stereocenters. The zero-order valence-electron chi connectivity index (χ0n) is 8.19. The van der Waals surface area contributed by atoms with E-state index in [1.807, 2.05) is 13.0 Å². The Morgan fingerprint density at radius 1 is 1.71 bits per heavy atom. The lowest BCUT2D eigenvalue weighted by Crippen LogP contribution is -2.35. The van der Waals surface area contributed by atoms with Crippen LogP contribution in [0.5, 0.6) is 0 Å². The third-order valence-electron chi connectivity index (χ3n) is 2.01. The van der Waals surface area contributed by atoms with E-state index in [1.54, 1.807) is 12.5 Å². The topological polar surface area (TPSA) is 62.5 Å². The van der Waals surface area contributed by atoms with Crippen LogP contribution in [0, 0.1) is 0 Å². The average Bonchev–Trinajstić information content (AvgIpc) is 2.64. The van der Waals surface area contributed by atoms with Gasteiger partial charge in [-0.05, 0) is 12.5 Å². The molecule has 0 aliphatic rings.